The molecule has 9 heavy (non-hydrogen) atoms. The Kier molecular flexibility index (Phi) is 7.01. The SMILES string of the molecule is COP(=O)(OC)OC.Cl. The molecule has 0 heterocycles. The number of phosphoric acid groups is 1. The zero-order chi connectivity index (χ0) is 6.62. The molecule has 0 aliphatic carbocycles. The van der Waals surface area contributed by atoms with Gasteiger partial charge in [-0.05, 0) is 0 Å². The van der Waals surface area contributed by atoms with Crippen LogP contribution in [0.4, 0.5) is 0 Å². The van der Waals surface area contributed by atoms with Crippen LogP contribution in [0.1, 0.15) is 0 Å². The van der Waals surface area contributed by atoms with Gasteiger partial charge in [-0.25, -0.2) is 4.57 Å². The van der Waals surface area contributed by atoms with Crippen molar-refractivity contribution in [1.82, 2.24) is 0 Å². The highest BCUT2D eigenvalue weighted by molar-refractivity contribution is 7.48. The van der Waals surface area contributed by atoms with Gasteiger partial charge in [0, 0.05) is 21.3 Å². The summed E-state index contributed by atoms with van der Waals surface area (Å²) in [6.07, 6.45) is 0. The summed E-state index contributed by atoms with van der Waals surface area (Å²) in [5.41, 5.74) is 0. The molecule has 0 bridgehead atoms. The number of rotatable bonds is 3. The van der Waals surface area contributed by atoms with E-state index in [2.05, 4.69) is 13.6 Å². The molecule has 0 atom stereocenters. The largest absolute Gasteiger partial charge is 0.473 e. The highest BCUT2D eigenvalue weighted by Gasteiger charge is 2.18. The summed E-state index contributed by atoms with van der Waals surface area (Å²) in [7, 11) is 0.611. The topological polar surface area (TPSA) is 44.8 Å². The van der Waals surface area contributed by atoms with Crippen molar-refractivity contribution in [2.75, 3.05) is 21.3 Å². The molecule has 0 amide bonds. The van der Waals surface area contributed by atoms with E-state index < -0.39 is 7.82 Å². The lowest BCUT2D eigenvalue weighted by atomic mass is 11.8. The predicted octanol–water partition coefficient (Wildman–Crippen LogP) is 1.46. The van der Waals surface area contributed by atoms with Crippen molar-refractivity contribution in [3.05, 3.63) is 0 Å². The Morgan fingerprint density at radius 2 is 1.22 bits per heavy atom. The molecule has 6 heteroatoms. The van der Waals surface area contributed by atoms with E-state index in [1.807, 2.05) is 0 Å². The van der Waals surface area contributed by atoms with Crippen LogP contribution in [0.25, 0.3) is 0 Å². The van der Waals surface area contributed by atoms with Crippen LogP contribution in [0.15, 0.2) is 0 Å². The first-order valence-corrected chi connectivity index (χ1v) is 3.42. The third kappa shape index (κ3) is 3.89. The molecule has 0 aromatic rings. The van der Waals surface area contributed by atoms with Crippen molar-refractivity contribution in [3.63, 3.8) is 0 Å². The van der Waals surface area contributed by atoms with E-state index in [4.69, 9.17) is 0 Å². The Morgan fingerprint density at radius 3 is 1.22 bits per heavy atom. The van der Waals surface area contributed by atoms with Crippen LogP contribution >= 0.6 is 20.2 Å². The Bertz CT molecular complexity index is 87.0. The maximum Gasteiger partial charge on any atom is 0.473 e. The zero-order valence-corrected chi connectivity index (χ0v) is 7.20. The van der Waals surface area contributed by atoms with Gasteiger partial charge in [-0.3, -0.25) is 13.6 Å². The normalized spacial score (nSPS) is 10.6. The van der Waals surface area contributed by atoms with Crippen LogP contribution in [-0.4, -0.2) is 21.3 Å². The van der Waals surface area contributed by atoms with Crippen LogP contribution in [0.2, 0.25) is 0 Å². The maximum absolute atomic E-state index is 10.7. The molecule has 0 saturated carbocycles. The Balaban J connectivity index is 0. The number of hydrogen-bond acceptors (Lipinski definition) is 4. The van der Waals surface area contributed by atoms with Crippen LogP contribution in [-0.2, 0) is 18.1 Å². The molecule has 0 N–H and O–H groups in total. The maximum atomic E-state index is 10.7. The van der Waals surface area contributed by atoms with E-state index >= 15 is 0 Å². The number of hydrogen-bond donors (Lipinski definition) is 0. The molecular formula is C3H10ClO4P. The average molecular weight is 177 g/mol. The zero-order valence-electron chi connectivity index (χ0n) is 5.49. The Hall–Kier alpha value is 0.400. The Labute approximate surface area is 60.5 Å². The van der Waals surface area contributed by atoms with E-state index in [1.54, 1.807) is 0 Å². The van der Waals surface area contributed by atoms with Gasteiger partial charge in [-0.15, -0.1) is 12.4 Å². The highest BCUT2D eigenvalue weighted by atomic mass is 35.5. The second-order valence-electron chi connectivity index (χ2n) is 0.995. The van der Waals surface area contributed by atoms with Gasteiger partial charge in [0.15, 0.2) is 0 Å². The van der Waals surface area contributed by atoms with E-state index in [0.717, 1.165) is 0 Å². The molecule has 0 aliphatic heterocycles. The quantitative estimate of drug-likeness (QED) is 0.611. The first kappa shape index (κ1) is 12.1. The molecule has 0 radical (unpaired) electrons. The van der Waals surface area contributed by atoms with Gasteiger partial charge in [-0.1, -0.05) is 0 Å². The third-order valence-corrected chi connectivity index (χ3v) is 2.01. The third-order valence-electron chi connectivity index (χ3n) is 0.671. The van der Waals surface area contributed by atoms with Crippen LogP contribution in [0.3, 0.4) is 0 Å². The van der Waals surface area contributed by atoms with Crippen LogP contribution in [0.5, 0.6) is 0 Å². The summed E-state index contributed by atoms with van der Waals surface area (Å²) >= 11 is 0. The fourth-order valence-corrected chi connectivity index (χ4v) is 0.671. The second kappa shape index (κ2) is 5.21. The lowest BCUT2D eigenvalue weighted by Crippen LogP contribution is -1.88. The number of phosphoric ester groups is 1. The molecule has 0 fully saturated rings. The predicted molar refractivity (Wildman–Crippen MR) is 35.9 cm³/mol. The minimum Gasteiger partial charge on any atom is -0.290 e. The fraction of sp³-hybridized carbons (Fsp3) is 1.00. The molecule has 0 unspecified atom stereocenters. The van der Waals surface area contributed by atoms with Crippen LogP contribution < -0.4 is 0 Å². The van der Waals surface area contributed by atoms with Gasteiger partial charge in [0.25, 0.3) is 0 Å². The van der Waals surface area contributed by atoms with Gasteiger partial charge in [-0.2, -0.15) is 0 Å². The number of halogens is 1. The van der Waals surface area contributed by atoms with Crippen LogP contribution in [0, 0.1) is 0 Å². The summed E-state index contributed by atoms with van der Waals surface area (Å²) in [4.78, 5) is 0. The fourth-order valence-electron chi connectivity index (χ4n) is 0.224. The molecule has 4 nitrogen and oxygen atoms in total. The van der Waals surface area contributed by atoms with Gasteiger partial charge in [0.2, 0.25) is 0 Å². The summed E-state index contributed by atoms with van der Waals surface area (Å²) in [6, 6.07) is 0. The minimum atomic E-state index is -3.16. The summed E-state index contributed by atoms with van der Waals surface area (Å²) in [6.45, 7) is 0. The first-order valence-electron chi connectivity index (χ1n) is 1.96. The van der Waals surface area contributed by atoms with E-state index in [9.17, 15) is 4.57 Å². The molecule has 0 spiro atoms. The summed E-state index contributed by atoms with van der Waals surface area (Å²) in [5, 5.41) is 0. The van der Waals surface area contributed by atoms with Gasteiger partial charge >= 0.3 is 7.82 Å². The molecule has 58 valence electrons. The summed E-state index contributed by atoms with van der Waals surface area (Å²) < 4.78 is 23.7. The van der Waals surface area contributed by atoms with Crippen molar-refractivity contribution in [1.29, 1.82) is 0 Å². The standard InChI is InChI=1S/C3H9O4P.ClH/c1-5-8(4,6-2)7-3;/h1-3H3;1H. The van der Waals surface area contributed by atoms with Gasteiger partial charge in [0.05, 0.1) is 0 Å². The van der Waals surface area contributed by atoms with E-state index in [0.29, 0.717) is 0 Å². The molecule has 0 saturated heterocycles. The van der Waals surface area contributed by atoms with Crippen molar-refractivity contribution < 1.29 is 18.1 Å². The molecule has 0 aliphatic rings. The van der Waals surface area contributed by atoms with Gasteiger partial charge < -0.3 is 0 Å². The van der Waals surface area contributed by atoms with Crippen molar-refractivity contribution >= 4 is 20.2 Å². The second-order valence-corrected chi connectivity index (χ2v) is 2.98. The first-order chi connectivity index (χ1) is 3.68. The lowest BCUT2D eigenvalue weighted by molar-refractivity contribution is 0.178. The van der Waals surface area contributed by atoms with E-state index in [-0.39, 0.29) is 12.4 Å². The summed E-state index contributed by atoms with van der Waals surface area (Å²) in [5.74, 6) is 0. The minimum absolute atomic E-state index is 0. The van der Waals surface area contributed by atoms with Gasteiger partial charge in [0.1, 0.15) is 0 Å². The average Bonchev–Trinajstić information content (AvgIpc) is 1.87. The molecule has 0 aromatic carbocycles. The van der Waals surface area contributed by atoms with E-state index in [1.165, 1.54) is 21.3 Å². The Morgan fingerprint density at radius 1 is 1.00 bits per heavy atom. The highest BCUT2D eigenvalue weighted by Crippen LogP contribution is 2.46. The van der Waals surface area contributed by atoms with Crippen molar-refractivity contribution in [3.8, 4) is 0 Å². The monoisotopic (exact) mass is 176 g/mol. The lowest BCUT2D eigenvalue weighted by Gasteiger charge is -2.08. The molecular weight excluding hydrogens is 166 g/mol. The molecule has 0 rings (SSSR count). The van der Waals surface area contributed by atoms with Crippen molar-refractivity contribution in [2.24, 2.45) is 0 Å². The smallest absolute Gasteiger partial charge is 0.290 e. The van der Waals surface area contributed by atoms with Crippen molar-refractivity contribution in [2.45, 2.75) is 0 Å². The molecule has 0 aromatic heterocycles.